The zero-order valence-corrected chi connectivity index (χ0v) is 16.4. The normalized spacial score (nSPS) is 16.7. The molecule has 1 unspecified atom stereocenters. The number of carbonyl (C=O) groups excluding carboxylic acids is 2. The molecule has 0 radical (unpaired) electrons. The van der Waals surface area contributed by atoms with Gasteiger partial charge in [-0.05, 0) is 31.2 Å². The van der Waals surface area contributed by atoms with Crippen LogP contribution in [0.5, 0.6) is 0 Å². The minimum absolute atomic E-state index is 0.289. The van der Waals surface area contributed by atoms with E-state index in [-0.39, 0.29) is 5.91 Å². The van der Waals surface area contributed by atoms with E-state index in [0.717, 1.165) is 18.4 Å². The Kier molecular flexibility index (Phi) is 8.12. The van der Waals surface area contributed by atoms with E-state index < -0.39 is 24.4 Å². The van der Waals surface area contributed by atoms with E-state index in [1.807, 2.05) is 30.3 Å². The van der Waals surface area contributed by atoms with Crippen molar-refractivity contribution in [3.05, 3.63) is 35.9 Å². The molecule has 6 nitrogen and oxygen atoms in total. The lowest BCUT2D eigenvalue weighted by molar-refractivity contribution is -0.143. The number of hydrogen-bond donors (Lipinski definition) is 4. The molecule has 0 bridgehead atoms. The number of amides is 2. The zero-order chi connectivity index (χ0) is 19.0. The van der Waals surface area contributed by atoms with Gasteiger partial charge in [-0.15, -0.1) is 0 Å². The van der Waals surface area contributed by atoms with Gasteiger partial charge in [-0.3, -0.25) is 9.59 Å². The third kappa shape index (κ3) is 5.31. The van der Waals surface area contributed by atoms with Crippen molar-refractivity contribution in [2.45, 2.75) is 51.0 Å². The molecule has 0 spiro atoms. The van der Waals surface area contributed by atoms with Gasteiger partial charge in [0.2, 0.25) is 11.8 Å². The first-order valence-corrected chi connectivity index (χ1v) is 10.2. The summed E-state index contributed by atoms with van der Waals surface area (Å²) < 4.78 is 0. The number of alkyl halides is 1. The van der Waals surface area contributed by atoms with Gasteiger partial charge in [-0.1, -0.05) is 59.1 Å². The Morgan fingerprint density at radius 1 is 1.15 bits per heavy atom. The quantitative estimate of drug-likeness (QED) is 0.274. The first kappa shape index (κ1) is 20.9. The highest BCUT2D eigenvalue weighted by atomic mass is 79.9. The van der Waals surface area contributed by atoms with Gasteiger partial charge in [0, 0.05) is 11.9 Å². The molecule has 1 fully saturated rings. The maximum absolute atomic E-state index is 12.9. The van der Waals surface area contributed by atoms with Gasteiger partial charge in [0.1, 0.15) is 5.41 Å². The van der Waals surface area contributed by atoms with Crippen molar-refractivity contribution in [1.29, 1.82) is 0 Å². The Morgan fingerprint density at radius 3 is 2.38 bits per heavy atom. The first-order chi connectivity index (χ1) is 12.5. The summed E-state index contributed by atoms with van der Waals surface area (Å²) in [6, 6.07) is 9.54. The minimum Gasteiger partial charge on any atom is -0.426 e. The molecule has 0 heterocycles. The molecule has 2 rings (SSSR count). The van der Waals surface area contributed by atoms with Crippen LogP contribution in [-0.4, -0.2) is 40.3 Å². The highest BCUT2D eigenvalue weighted by molar-refractivity contribution is 9.09. The van der Waals surface area contributed by atoms with Gasteiger partial charge in [0.15, 0.2) is 0 Å². The largest absolute Gasteiger partial charge is 0.475 e. The van der Waals surface area contributed by atoms with Crippen molar-refractivity contribution >= 4 is 34.9 Å². The molecule has 1 aliphatic rings. The van der Waals surface area contributed by atoms with Gasteiger partial charge in [0.25, 0.3) is 0 Å². The summed E-state index contributed by atoms with van der Waals surface area (Å²) in [7, 11) is -1.65. The van der Waals surface area contributed by atoms with E-state index in [1.165, 1.54) is 0 Å². The van der Waals surface area contributed by atoms with Gasteiger partial charge in [-0.2, -0.15) is 0 Å². The number of hydrogen-bond acceptors (Lipinski definition) is 4. The molecule has 0 saturated heterocycles. The minimum atomic E-state index is -1.65. The summed E-state index contributed by atoms with van der Waals surface area (Å²) in [6.07, 6.45) is 3.68. The van der Waals surface area contributed by atoms with E-state index in [4.69, 9.17) is 0 Å². The predicted octanol–water partition coefficient (Wildman–Crippen LogP) is 1.54. The number of benzene rings is 1. The highest BCUT2D eigenvalue weighted by Gasteiger charge is 2.48. The molecule has 0 aromatic heterocycles. The Bertz CT molecular complexity index is 594. The van der Waals surface area contributed by atoms with Gasteiger partial charge < -0.3 is 20.7 Å². The van der Waals surface area contributed by atoms with Crippen LogP contribution in [-0.2, 0) is 16.1 Å². The third-order valence-electron chi connectivity index (χ3n) is 4.95. The summed E-state index contributed by atoms with van der Waals surface area (Å²) in [5.74, 6) is -1.48. The predicted molar refractivity (Wildman–Crippen MR) is 104 cm³/mol. The molecule has 1 aliphatic carbocycles. The lowest BCUT2D eigenvalue weighted by atomic mass is 9.75. The van der Waals surface area contributed by atoms with Crippen LogP contribution in [0.25, 0.3) is 0 Å². The molecule has 1 aromatic rings. The Balaban J connectivity index is 2.04. The topological polar surface area (TPSA) is 98.7 Å². The summed E-state index contributed by atoms with van der Waals surface area (Å²) in [4.78, 5) is 25.7. The lowest BCUT2D eigenvalue weighted by Gasteiger charge is -2.29. The monoisotopic (exact) mass is 424 g/mol. The second-order valence-corrected chi connectivity index (χ2v) is 7.58. The van der Waals surface area contributed by atoms with Gasteiger partial charge >= 0.3 is 7.12 Å². The number of halogens is 1. The average Bonchev–Trinajstić information content (AvgIpc) is 3.15. The van der Waals surface area contributed by atoms with E-state index in [9.17, 15) is 19.6 Å². The summed E-state index contributed by atoms with van der Waals surface area (Å²) in [6.45, 7) is 0.365. The van der Waals surface area contributed by atoms with Crippen LogP contribution in [0.2, 0.25) is 0 Å². The number of nitrogens with one attached hydrogen (secondary N) is 2. The van der Waals surface area contributed by atoms with Crippen molar-refractivity contribution in [2.75, 3.05) is 5.33 Å². The molecular formula is C18H26BBrN2O4. The van der Waals surface area contributed by atoms with Crippen LogP contribution in [0, 0.1) is 5.41 Å². The Labute approximate surface area is 163 Å². The highest BCUT2D eigenvalue weighted by Crippen LogP contribution is 2.39. The average molecular weight is 425 g/mol. The molecular weight excluding hydrogens is 399 g/mol. The molecule has 1 atom stereocenters. The third-order valence-corrected chi connectivity index (χ3v) is 5.51. The van der Waals surface area contributed by atoms with Crippen molar-refractivity contribution in [2.24, 2.45) is 5.41 Å². The number of carbonyl (C=O) groups is 2. The van der Waals surface area contributed by atoms with Crippen LogP contribution < -0.4 is 10.6 Å². The Hall–Kier alpha value is -1.38. The molecule has 4 N–H and O–H groups in total. The van der Waals surface area contributed by atoms with Crippen LogP contribution in [0.3, 0.4) is 0 Å². The molecule has 142 valence electrons. The second-order valence-electron chi connectivity index (χ2n) is 6.78. The molecule has 8 heteroatoms. The molecule has 2 amide bonds. The fourth-order valence-electron chi connectivity index (χ4n) is 3.38. The zero-order valence-electron chi connectivity index (χ0n) is 14.8. The van der Waals surface area contributed by atoms with Crippen molar-refractivity contribution in [1.82, 2.24) is 10.6 Å². The summed E-state index contributed by atoms with van der Waals surface area (Å²) in [5, 5.41) is 25.3. The fourth-order valence-corrected chi connectivity index (χ4v) is 3.71. The van der Waals surface area contributed by atoms with Crippen LogP contribution in [0.1, 0.15) is 44.1 Å². The standard InChI is InChI=1S/C18H26BBrN2O4/c20-12-6-9-15(19(25)26)22-17(24)18(10-4-5-11-18)16(23)21-13-14-7-2-1-3-8-14/h1-3,7-8,15,25-26H,4-6,9-13H2,(H,21,23)(H,22,24). The Morgan fingerprint density at radius 2 is 1.81 bits per heavy atom. The smallest absolute Gasteiger partial charge is 0.426 e. The summed E-state index contributed by atoms with van der Waals surface area (Å²) in [5.41, 5.74) is -0.161. The van der Waals surface area contributed by atoms with Crippen molar-refractivity contribution in [3.8, 4) is 0 Å². The van der Waals surface area contributed by atoms with Crippen LogP contribution >= 0.6 is 15.9 Å². The van der Waals surface area contributed by atoms with Crippen molar-refractivity contribution < 1.29 is 19.6 Å². The number of rotatable bonds is 9. The maximum Gasteiger partial charge on any atom is 0.475 e. The maximum atomic E-state index is 12.9. The lowest BCUT2D eigenvalue weighted by Crippen LogP contribution is -2.55. The first-order valence-electron chi connectivity index (χ1n) is 9.05. The van der Waals surface area contributed by atoms with E-state index in [0.29, 0.717) is 37.6 Å². The van der Waals surface area contributed by atoms with Crippen LogP contribution in [0.15, 0.2) is 30.3 Å². The van der Waals surface area contributed by atoms with E-state index in [2.05, 4.69) is 26.6 Å². The van der Waals surface area contributed by atoms with E-state index >= 15 is 0 Å². The van der Waals surface area contributed by atoms with E-state index in [1.54, 1.807) is 0 Å². The fraction of sp³-hybridized carbons (Fsp3) is 0.556. The second kappa shape index (κ2) is 10.1. The van der Waals surface area contributed by atoms with Gasteiger partial charge in [0.05, 0.1) is 5.94 Å². The summed E-state index contributed by atoms with van der Waals surface area (Å²) >= 11 is 3.30. The van der Waals surface area contributed by atoms with Gasteiger partial charge in [-0.25, -0.2) is 0 Å². The SMILES string of the molecule is O=C(NCc1ccccc1)C1(C(=O)NC(CCCBr)B(O)O)CCCC1. The molecule has 0 aliphatic heterocycles. The molecule has 1 saturated carbocycles. The molecule has 1 aromatic carbocycles. The van der Waals surface area contributed by atoms with Crippen molar-refractivity contribution in [3.63, 3.8) is 0 Å². The van der Waals surface area contributed by atoms with Crippen LogP contribution in [0.4, 0.5) is 0 Å². The molecule has 26 heavy (non-hydrogen) atoms.